The number of nitrogens with one attached hydrogen (secondary N) is 1. The zero-order valence-electron chi connectivity index (χ0n) is 15.4. The maximum Gasteiger partial charge on any atom is 0.246 e. The molecule has 27 heavy (non-hydrogen) atoms. The van der Waals surface area contributed by atoms with E-state index in [0.717, 1.165) is 11.3 Å². The van der Waals surface area contributed by atoms with Gasteiger partial charge in [-0.1, -0.05) is 30.0 Å². The lowest BCUT2D eigenvalue weighted by molar-refractivity contribution is -0.120. The van der Waals surface area contributed by atoms with Crippen LogP contribution in [-0.2, 0) is 11.8 Å². The Morgan fingerprint density at radius 3 is 2.70 bits per heavy atom. The van der Waals surface area contributed by atoms with E-state index in [1.807, 2.05) is 48.5 Å². The summed E-state index contributed by atoms with van der Waals surface area (Å²) in [7, 11) is 3.55. The average molecular weight is 478 g/mol. The average Bonchev–Trinajstić information content (AvgIpc) is 3.08. The molecule has 3 rings (SSSR count). The molecule has 1 saturated heterocycles. The lowest BCUT2D eigenvalue weighted by atomic mass is 10.2. The molecule has 0 bridgehead atoms. The van der Waals surface area contributed by atoms with Crippen LogP contribution >= 0.6 is 24.0 Å². The SMILES string of the molecule is CN=C(NCC#Cc1ccccc1)N1CCN(c2cnn(C)c2)C(=O)C1.I. The van der Waals surface area contributed by atoms with Crippen LogP contribution in [0.4, 0.5) is 5.69 Å². The second kappa shape index (κ2) is 9.97. The lowest BCUT2D eigenvalue weighted by Gasteiger charge is -2.35. The highest BCUT2D eigenvalue weighted by Gasteiger charge is 2.27. The van der Waals surface area contributed by atoms with Gasteiger partial charge in [0.15, 0.2) is 5.96 Å². The van der Waals surface area contributed by atoms with Crippen molar-refractivity contribution in [2.45, 2.75) is 0 Å². The van der Waals surface area contributed by atoms with Gasteiger partial charge in [-0.2, -0.15) is 5.10 Å². The molecule has 0 aliphatic carbocycles. The molecule has 1 aliphatic rings. The third-order valence-corrected chi connectivity index (χ3v) is 4.08. The summed E-state index contributed by atoms with van der Waals surface area (Å²) in [6, 6.07) is 9.83. The minimum Gasteiger partial charge on any atom is -0.345 e. The van der Waals surface area contributed by atoms with Gasteiger partial charge in [0.25, 0.3) is 0 Å². The molecule has 2 heterocycles. The van der Waals surface area contributed by atoms with Gasteiger partial charge in [0.2, 0.25) is 5.91 Å². The highest BCUT2D eigenvalue weighted by molar-refractivity contribution is 14.0. The van der Waals surface area contributed by atoms with E-state index in [9.17, 15) is 4.79 Å². The van der Waals surface area contributed by atoms with Crippen molar-refractivity contribution in [3.8, 4) is 11.8 Å². The molecule has 0 radical (unpaired) electrons. The van der Waals surface area contributed by atoms with E-state index >= 15 is 0 Å². The van der Waals surface area contributed by atoms with Gasteiger partial charge >= 0.3 is 0 Å². The number of nitrogens with zero attached hydrogens (tertiary/aromatic N) is 5. The predicted octanol–water partition coefficient (Wildman–Crippen LogP) is 1.31. The summed E-state index contributed by atoms with van der Waals surface area (Å²) in [5.41, 5.74) is 1.80. The quantitative estimate of drug-likeness (QED) is 0.306. The van der Waals surface area contributed by atoms with Crippen LogP contribution in [0.25, 0.3) is 0 Å². The number of aliphatic imine (C=N–C) groups is 1. The van der Waals surface area contributed by atoms with Crippen molar-refractivity contribution in [2.75, 3.05) is 38.1 Å². The maximum atomic E-state index is 12.5. The number of anilines is 1. The lowest BCUT2D eigenvalue weighted by Crippen LogP contribution is -2.55. The van der Waals surface area contributed by atoms with E-state index in [1.165, 1.54) is 0 Å². The summed E-state index contributed by atoms with van der Waals surface area (Å²) < 4.78 is 1.70. The molecule has 2 aromatic rings. The zero-order chi connectivity index (χ0) is 18.4. The largest absolute Gasteiger partial charge is 0.345 e. The molecule has 0 atom stereocenters. The van der Waals surface area contributed by atoms with Gasteiger partial charge in [-0.25, -0.2) is 0 Å². The number of carbonyl (C=O) groups is 1. The molecule has 8 heteroatoms. The van der Waals surface area contributed by atoms with E-state index in [-0.39, 0.29) is 36.4 Å². The number of piperazine rings is 1. The van der Waals surface area contributed by atoms with Crippen molar-refractivity contribution in [3.05, 3.63) is 48.3 Å². The number of rotatable bonds is 2. The minimum absolute atomic E-state index is 0. The number of benzene rings is 1. The minimum atomic E-state index is 0. The van der Waals surface area contributed by atoms with Gasteiger partial charge in [0.1, 0.15) is 6.54 Å². The van der Waals surface area contributed by atoms with E-state index in [1.54, 1.807) is 22.8 Å². The Morgan fingerprint density at radius 2 is 2.07 bits per heavy atom. The van der Waals surface area contributed by atoms with Crippen LogP contribution in [-0.4, -0.2) is 59.8 Å². The van der Waals surface area contributed by atoms with Crippen molar-refractivity contribution >= 4 is 41.5 Å². The molecule has 1 aromatic carbocycles. The fourth-order valence-corrected chi connectivity index (χ4v) is 2.80. The Labute approximate surface area is 176 Å². The van der Waals surface area contributed by atoms with Gasteiger partial charge < -0.3 is 15.1 Å². The molecule has 1 amide bonds. The van der Waals surface area contributed by atoms with Gasteiger partial charge in [-0.15, -0.1) is 24.0 Å². The standard InChI is InChI=1S/C19H22N6O.HI/c1-20-19(21-10-6-9-16-7-4-3-5-8-16)24-11-12-25(18(26)15-24)17-13-22-23(2)14-17;/h3-5,7-8,13-14H,10-12,15H2,1-2H3,(H,20,21);1H. The second-order valence-corrected chi connectivity index (χ2v) is 5.91. The predicted molar refractivity (Wildman–Crippen MR) is 117 cm³/mol. The zero-order valence-corrected chi connectivity index (χ0v) is 17.8. The van der Waals surface area contributed by atoms with Crippen LogP contribution in [0.2, 0.25) is 0 Å². The Bertz CT molecular complexity index is 852. The van der Waals surface area contributed by atoms with E-state index < -0.39 is 0 Å². The summed E-state index contributed by atoms with van der Waals surface area (Å²) >= 11 is 0. The summed E-state index contributed by atoms with van der Waals surface area (Å²) in [4.78, 5) is 20.5. The first kappa shape index (κ1) is 20.8. The topological polar surface area (TPSA) is 65.8 Å². The molecular formula is C19H23IN6O. The van der Waals surface area contributed by atoms with Gasteiger partial charge in [0.05, 0.1) is 18.4 Å². The summed E-state index contributed by atoms with van der Waals surface area (Å²) in [5, 5.41) is 7.33. The van der Waals surface area contributed by atoms with Crippen LogP contribution in [0.1, 0.15) is 5.56 Å². The third kappa shape index (κ3) is 5.47. The molecule has 0 unspecified atom stereocenters. The number of aryl methyl sites for hydroxylation is 1. The van der Waals surface area contributed by atoms with Crippen molar-refractivity contribution in [1.82, 2.24) is 20.0 Å². The molecule has 1 fully saturated rings. The van der Waals surface area contributed by atoms with E-state index in [0.29, 0.717) is 25.6 Å². The van der Waals surface area contributed by atoms with Crippen LogP contribution < -0.4 is 10.2 Å². The smallest absolute Gasteiger partial charge is 0.246 e. The monoisotopic (exact) mass is 478 g/mol. The molecular weight excluding hydrogens is 455 g/mol. The van der Waals surface area contributed by atoms with Crippen molar-refractivity contribution in [2.24, 2.45) is 12.0 Å². The first-order chi connectivity index (χ1) is 12.7. The summed E-state index contributed by atoms with van der Waals surface area (Å²) in [5.74, 6) is 6.89. The first-order valence-corrected chi connectivity index (χ1v) is 8.46. The number of carbonyl (C=O) groups excluding carboxylic acids is 1. The first-order valence-electron chi connectivity index (χ1n) is 8.46. The molecule has 7 nitrogen and oxygen atoms in total. The second-order valence-electron chi connectivity index (χ2n) is 5.91. The fraction of sp³-hybridized carbons (Fsp3) is 0.316. The molecule has 1 aliphatic heterocycles. The van der Waals surface area contributed by atoms with Gasteiger partial charge in [-0.05, 0) is 12.1 Å². The third-order valence-electron chi connectivity index (χ3n) is 4.08. The Morgan fingerprint density at radius 1 is 1.30 bits per heavy atom. The number of aromatic nitrogens is 2. The van der Waals surface area contributed by atoms with Crippen LogP contribution in [0.3, 0.4) is 0 Å². The highest BCUT2D eigenvalue weighted by Crippen LogP contribution is 2.15. The van der Waals surface area contributed by atoms with Crippen LogP contribution in [0, 0.1) is 11.8 Å². The molecule has 0 spiro atoms. The van der Waals surface area contributed by atoms with Crippen LogP contribution in [0.5, 0.6) is 0 Å². The maximum absolute atomic E-state index is 12.5. The highest BCUT2D eigenvalue weighted by atomic mass is 127. The number of hydrogen-bond donors (Lipinski definition) is 1. The molecule has 1 N–H and O–H groups in total. The fourth-order valence-electron chi connectivity index (χ4n) is 2.80. The van der Waals surface area contributed by atoms with Crippen molar-refractivity contribution in [3.63, 3.8) is 0 Å². The van der Waals surface area contributed by atoms with Crippen molar-refractivity contribution < 1.29 is 4.79 Å². The van der Waals surface area contributed by atoms with Crippen LogP contribution in [0.15, 0.2) is 47.7 Å². The molecule has 0 saturated carbocycles. The van der Waals surface area contributed by atoms with Gasteiger partial charge in [-0.3, -0.25) is 14.5 Å². The Kier molecular flexibility index (Phi) is 7.67. The van der Waals surface area contributed by atoms with E-state index in [2.05, 4.69) is 27.2 Å². The number of guanidine groups is 1. The number of hydrogen-bond acceptors (Lipinski definition) is 3. The summed E-state index contributed by atoms with van der Waals surface area (Å²) in [6.45, 7) is 2.05. The molecule has 1 aromatic heterocycles. The Hall–Kier alpha value is -2.54. The van der Waals surface area contributed by atoms with Crippen molar-refractivity contribution in [1.29, 1.82) is 0 Å². The summed E-state index contributed by atoms with van der Waals surface area (Å²) in [6.07, 6.45) is 3.56. The number of amides is 1. The van der Waals surface area contributed by atoms with Gasteiger partial charge in [0, 0.05) is 38.9 Å². The normalized spacial score (nSPS) is 14.3. The molecule has 142 valence electrons. The van der Waals surface area contributed by atoms with E-state index in [4.69, 9.17) is 0 Å². The number of halogens is 1. The Balaban J connectivity index is 0.00000261.